The first-order valence-electron chi connectivity index (χ1n) is 10.5. The number of esters is 2. The summed E-state index contributed by atoms with van der Waals surface area (Å²) in [7, 11) is 0. The predicted octanol–water partition coefficient (Wildman–Crippen LogP) is 3.79. The molecule has 0 spiro atoms. The average molecular weight is 445 g/mol. The molecule has 0 aromatic heterocycles. The Bertz CT molecular complexity index is 594. The molecule has 0 heterocycles. The molecule has 1 atom stereocenters. The Hall–Kier alpha value is -1.74. The number of carbonyl (C=O) groups excluding carboxylic acids is 2. The summed E-state index contributed by atoms with van der Waals surface area (Å²) in [6.45, 7) is 21.3. The molecular formula is C23H40O8. The van der Waals surface area contributed by atoms with E-state index in [4.69, 9.17) is 28.4 Å². The van der Waals surface area contributed by atoms with Crippen molar-refractivity contribution in [3.63, 3.8) is 0 Å². The molecule has 0 aromatic carbocycles. The molecule has 0 aliphatic carbocycles. The van der Waals surface area contributed by atoms with Crippen molar-refractivity contribution in [1.29, 1.82) is 0 Å². The molecule has 31 heavy (non-hydrogen) atoms. The summed E-state index contributed by atoms with van der Waals surface area (Å²) in [6, 6.07) is 0. The highest BCUT2D eigenvalue weighted by Crippen LogP contribution is 2.17. The molecule has 0 radical (unpaired) electrons. The third-order valence-corrected chi connectivity index (χ3v) is 4.00. The van der Waals surface area contributed by atoms with Gasteiger partial charge in [-0.25, -0.2) is 9.59 Å². The lowest BCUT2D eigenvalue weighted by atomic mass is 10.1. The molecule has 1 unspecified atom stereocenters. The first-order valence-corrected chi connectivity index (χ1v) is 10.5. The quantitative estimate of drug-likeness (QED) is 0.145. The van der Waals surface area contributed by atoms with Crippen LogP contribution in [-0.4, -0.2) is 63.2 Å². The van der Waals surface area contributed by atoms with Crippen molar-refractivity contribution in [3.8, 4) is 0 Å². The average Bonchev–Trinajstić information content (AvgIpc) is 2.66. The maximum Gasteiger partial charge on any atom is 0.333 e. The fourth-order valence-corrected chi connectivity index (χ4v) is 2.11. The van der Waals surface area contributed by atoms with Gasteiger partial charge >= 0.3 is 11.9 Å². The Labute approximate surface area is 186 Å². The van der Waals surface area contributed by atoms with E-state index in [1.807, 2.05) is 27.7 Å². The van der Waals surface area contributed by atoms with Gasteiger partial charge in [-0.15, -0.1) is 0 Å². The van der Waals surface area contributed by atoms with E-state index in [0.717, 1.165) is 6.42 Å². The zero-order valence-electron chi connectivity index (χ0n) is 20.2. The van der Waals surface area contributed by atoms with Crippen molar-refractivity contribution in [3.05, 3.63) is 24.3 Å². The lowest BCUT2D eigenvalue weighted by molar-refractivity contribution is -0.230. The Morgan fingerprint density at radius 2 is 1.10 bits per heavy atom. The summed E-state index contributed by atoms with van der Waals surface area (Å²) < 4.78 is 32.8. The van der Waals surface area contributed by atoms with Gasteiger partial charge in [0.05, 0.1) is 26.4 Å². The Kier molecular flexibility index (Phi) is 13.5. The Morgan fingerprint density at radius 1 is 0.710 bits per heavy atom. The summed E-state index contributed by atoms with van der Waals surface area (Å²) in [5.74, 6) is -2.23. The smallest absolute Gasteiger partial charge is 0.333 e. The van der Waals surface area contributed by atoms with Crippen molar-refractivity contribution in [2.75, 3.05) is 39.6 Å². The van der Waals surface area contributed by atoms with Crippen LogP contribution >= 0.6 is 0 Å². The molecule has 0 saturated heterocycles. The number of carbonyl (C=O) groups is 2. The van der Waals surface area contributed by atoms with Gasteiger partial charge < -0.3 is 28.4 Å². The number of rotatable bonds is 17. The van der Waals surface area contributed by atoms with Gasteiger partial charge in [-0.2, -0.15) is 0 Å². The number of hydrogen-bond acceptors (Lipinski definition) is 8. The largest absolute Gasteiger partial charge is 0.460 e. The molecule has 0 aromatic rings. The van der Waals surface area contributed by atoms with Gasteiger partial charge in [0.1, 0.15) is 13.2 Å². The number of ether oxygens (including phenoxy) is 6. The van der Waals surface area contributed by atoms with E-state index >= 15 is 0 Å². The van der Waals surface area contributed by atoms with E-state index < -0.39 is 23.5 Å². The third-order valence-electron chi connectivity index (χ3n) is 4.00. The first kappa shape index (κ1) is 29.3. The standard InChI is InChI=1S/C23H40O8/c1-17(2)20(24)26-12-14-29-22(6,7)28-11-10-19(5)16-31-23(8,9)30-15-13-27-21(25)18(3)4/h19H,1,3,10-16H2,2,4-9H3. The monoisotopic (exact) mass is 444 g/mol. The molecule has 0 rings (SSSR count). The molecule has 180 valence electrons. The Morgan fingerprint density at radius 3 is 1.52 bits per heavy atom. The molecular weight excluding hydrogens is 404 g/mol. The van der Waals surface area contributed by atoms with E-state index in [1.54, 1.807) is 13.8 Å². The fourth-order valence-electron chi connectivity index (χ4n) is 2.11. The van der Waals surface area contributed by atoms with Gasteiger partial charge in [-0.1, -0.05) is 20.1 Å². The molecule has 0 aliphatic heterocycles. The SMILES string of the molecule is C=C(C)C(=O)OCCOC(C)(C)OCCC(C)COC(C)(C)OCCOC(=O)C(=C)C. The second-order valence-electron chi connectivity index (χ2n) is 8.38. The second kappa shape index (κ2) is 14.3. The topological polar surface area (TPSA) is 89.5 Å². The molecule has 8 heteroatoms. The molecule has 0 aliphatic rings. The van der Waals surface area contributed by atoms with Crippen LogP contribution in [0.15, 0.2) is 24.3 Å². The van der Waals surface area contributed by atoms with Crippen molar-refractivity contribution < 1.29 is 38.0 Å². The van der Waals surface area contributed by atoms with Crippen LogP contribution in [0.5, 0.6) is 0 Å². The first-order chi connectivity index (χ1) is 14.3. The van der Waals surface area contributed by atoms with Gasteiger partial charge in [-0.3, -0.25) is 0 Å². The van der Waals surface area contributed by atoms with Gasteiger partial charge in [0, 0.05) is 11.1 Å². The maximum absolute atomic E-state index is 11.3. The lowest BCUT2D eigenvalue weighted by Gasteiger charge is -2.28. The van der Waals surface area contributed by atoms with Gasteiger partial charge in [-0.05, 0) is 53.9 Å². The van der Waals surface area contributed by atoms with Crippen molar-refractivity contribution in [1.82, 2.24) is 0 Å². The highest BCUT2D eigenvalue weighted by atomic mass is 16.7. The van der Waals surface area contributed by atoms with E-state index in [0.29, 0.717) is 24.4 Å². The zero-order valence-corrected chi connectivity index (χ0v) is 20.2. The summed E-state index contributed by atoms with van der Waals surface area (Å²) in [6.07, 6.45) is 0.768. The maximum atomic E-state index is 11.3. The van der Waals surface area contributed by atoms with Crippen molar-refractivity contribution in [2.24, 2.45) is 5.92 Å². The summed E-state index contributed by atoms with van der Waals surface area (Å²) in [4.78, 5) is 22.6. The summed E-state index contributed by atoms with van der Waals surface area (Å²) >= 11 is 0. The molecule has 0 bridgehead atoms. The van der Waals surface area contributed by atoms with E-state index in [9.17, 15) is 9.59 Å². The third kappa shape index (κ3) is 15.7. The van der Waals surface area contributed by atoms with Gasteiger partial charge in [0.2, 0.25) is 0 Å². The van der Waals surface area contributed by atoms with Crippen molar-refractivity contribution >= 4 is 11.9 Å². The minimum Gasteiger partial charge on any atom is -0.460 e. The van der Waals surface area contributed by atoms with Crippen LogP contribution in [0, 0.1) is 5.92 Å². The van der Waals surface area contributed by atoms with Crippen LogP contribution in [-0.2, 0) is 38.0 Å². The fraction of sp³-hybridized carbons (Fsp3) is 0.739. The van der Waals surface area contributed by atoms with Crippen LogP contribution in [0.25, 0.3) is 0 Å². The highest BCUT2D eigenvalue weighted by Gasteiger charge is 2.22. The van der Waals surface area contributed by atoms with Gasteiger partial charge in [0.15, 0.2) is 11.6 Å². The van der Waals surface area contributed by atoms with E-state index in [2.05, 4.69) is 20.1 Å². The predicted molar refractivity (Wildman–Crippen MR) is 117 cm³/mol. The Balaban J connectivity index is 3.98. The highest BCUT2D eigenvalue weighted by molar-refractivity contribution is 5.87. The molecule has 0 fully saturated rings. The molecule has 8 nitrogen and oxygen atoms in total. The summed E-state index contributed by atoms with van der Waals surface area (Å²) in [5.41, 5.74) is 0.706. The van der Waals surface area contributed by atoms with Crippen LogP contribution in [0.4, 0.5) is 0 Å². The second-order valence-corrected chi connectivity index (χ2v) is 8.38. The number of hydrogen-bond donors (Lipinski definition) is 0. The lowest BCUT2D eigenvalue weighted by Crippen LogP contribution is -2.33. The van der Waals surface area contributed by atoms with Gasteiger partial charge in [0.25, 0.3) is 0 Å². The van der Waals surface area contributed by atoms with E-state index in [1.165, 1.54) is 0 Å². The van der Waals surface area contributed by atoms with Crippen molar-refractivity contribution in [2.45, 2.75) is 66.5 Å². The zero-order chi connectivity index (χ0) is 24.1. The molecule has 0 amide bonds. The van der Waals surface area contributed by atoms with E-state index in [-0.39, 0.29) is 32.3 Å². The minimum atomic E-state index is -0.797. The molecule has 0 N–H and O–H groups in total. The molecule has 0 saturated carbocycles. The summed E-state index contributed by atoms with van der Waals surface area (Å²) in [5, 5.41) is 0. The van der Waals surface area contributed by atoms with Crippen LogP contribution in [0.3, 0.4) is 0 Å². The van der Waals surface area contributed by atoms with Crippen LogP contribution in [0.2, 0.25) is 0 Å². The van der Waals surface area contributed by atoms with Crippen LogP contribution < -0.4 is 0 Å². The van der Waals surface area contributed by atoms with Crippen LogP contribution in [0.1, 0.15) is 54.9 Å². The normalized spacial score (nSPS) is 12.9. The minimum absolute atomic E-state index is 0.142.